The summed E-state index contributed by atoms with van der Waals surface area (Å²) in [5, 5.41) is 4.71. The van der Waals surface area contributed by atoms with Crippen molar-refractivity contribution in [2.24, 2.45) is 5.10 Å². The molecule has 0 radical (unpaired) electrons. The lowest BCUT2D eigenvalue weighted by atomic mass is 10.2. The van der Waals surface area contributed by atoms with Crippen LogP contribution in [0.2, 0.25) is 10.0 Å². The van der Waals surface area contributed by atoms with Crippen molar-refractivity contribution in [3.05, 3.63) is 94.5 Å². The van der Waals surface area contributed by atoms with Crippen LogP contribution in [-0.4, -0.2) is 27.1 Å². The van der Waals surface area contributed by atoms with E-state index in [0.717, 1.165) is 4.31 Å². The lowest BCUT2D eigenvalue weighted by Crippen LogP contribution is -2.39. The molecule has 0 aromatic heterocycles. The SMILES string of the molecule is O=C(CN(c1ccccc1)S(=O)(=O)c1ccccc1)N/N=C\c1ccc(Cl)cc1Cl. The van der Waals surface area contributed by atoms with Gasteiger partial charge in [-0.3, -0.25) is 9.10 Å². The molecule has 3 aromatic rings. The van der Waals surface area contributed by atoms with E-state index in [4.69, 9.17) is 23.2 Å². The van der Waals surface area contributed by atoms with Crippen LogP contribution in [0.3, 0.4) is 0 Å². The van der Waals surface area contributed by atoms with E-state index in [1.165, 1.54) is 18.3 Å². The maximum atomic E-state index is 13.1. The summed E-state index contributed by atoms with van der Waals surface area (Å²) in [6.07, 6.45) is 1.36. The Labute approximate surface area is 184 Å². The predicted molar refractivity (Wildman–Crippen MR) is 120 cm³/mol. The van der Waals surface area contributed by atoms with Crippen molar-refractivity contribution in [3.8, 4) is 0 Å². The number of carbonyl (C=O) groups excluding carboxylic acids is 1. The minimum atomic E-state index is -3.95. The van der Waals surface area contributed by atoms with Gasteiger partial charge in [-0.1, -0.05) is 65.7 Å². The highest BCUT2D eigenvalue weighted by Crippen LogP contribution is 2.23. The van der Waals surface area contributed by atoms with Crippen LogP contribution >= 0.6 is 23.2 Å². The number of hydrogen-bond acceptors (Lipinski definition) is 4. The number of carbonyl (C=O) groups is 1. The third-order valence-electron chi connectivity index (χ3n) is 4.02. The Balaban J connectivity index is 1.80. The Bertz CT molecular complexity index is 1150. The van der Waals surface area contributed by atoms with Gasteiger partial charge in [-0.15, -0.1) is 0 Å². The predicted octanol–water partition coefficient (Wildman–Crippen LogP) is 4.34. The zero-order valence-electron chi connectivity index (χ0n) is 15.6. The number of rotatable bonds is 7. The Morgan fingerprint density at radius 3 is 2.23 bits per heavy atom. The second kappa shape index (κ2) is 9.75. The minimum absolute atomic E-state index is 0.0816. The van der Waals surface area contributed by atoms with Crippen molar-refractivity contribution < 1.29 is 13.2 Å². The smallest absolute Gasteiger partial charge is 0.264 e. The van der Waals surface area contributed by atoms with Gasteiger partial charge in [0.05, 0.1) is 21.8 Å². The van der Waals surface area contributed by atoms with E-state index in [2.05, 4.69) is 10.5 Å². The molecule has 0 saturated heterocycles. The number of sulfonamides is 1. The van der Waals surface area contributed by atoms with Gasteiger partial charge in [0.25, 0.3) is 15.9 Å². The summed E-state index contributed by atoms with van der Waals surface area (Å²) >= 11 is 11.9. The van der Waals surface area contributed by atoms with Crippen molar-refractivity contribution in [2.75, 3.05) is 10.8 Å². The summed E-state index contributed by atoms with van der Waals surface area (Å²) in [5.74, 6) is -0.611. The number of para-hydroxylation sites is 1. The molecule has 3 aromatic carbocycles. The molecule has 1 N–H and O–H groups in total. The van der Waals surface area contributed by atoms with Crippen LogP contribution in [0.4, 0.5) is 5.69 Å². The van der Waals surface area contributed by atoms with Gasteiger partial charge in [-0.05, 0) is 36.4 Å². The minimum Gasteiger partial charge on any atom is -0.271 e. The second-order valence-electron chi connectivity index (χ2n) is 6.12. The number of halogens is 2. The van der Waals surface area contributed by atoms with E-state index in [0.29, 0.717) is 21.3 Å². The molecule has 3 rings (SSSR count). The van der Waals surface area contributed by atoms with Crippen LogP contribution in [0.25, 0.3) is 0 Å². The van der Waals surface area contributed by atoms with Crippen LogP contribution < -0.4 is 9.73 Å². The van der Waals surface area contributed by atoms with Gasteiger partial charge in [0.2, 0.25) is 0 Å². The zero-order valence-corrected chi connectivity index (χ0v) is 17.9. The Morgan fingerprint density at radius 2 is 1.60 bits per heavy atom. The first-order valence-corrected chi connectivity index (χ1v) is 11.0. The molecule has 9 heteroatoms. The monoisotopic (exact) mass is 461 g/mol. The first-order chi connectivity index (χ1) is 14.4. The third-order valence-corrected chi connectivity index (χ3v) is 6.37. The van der Waals surface area contributed by atoms with Crippen LogP contribution in [0.1, 0.15) is 5.56 Å². The molecule has 0 atom stereocenters. The number of nitrogens with zero attached hydrogens (tertiary/aromatic N) is 2. The van der Waals surface area contributed by atoms with Gasteiger partial charge in [0.15, 0.2) is 0 Å². The van der Waals surface area contributed by atoms with Gasteiger partial charge < -0.3 is 0 Å². The van der Waals surface area contributed by atoms with Crippen LogP contribution in [0.15, 0.2) is 88.9 Å². The number of amides is 1. The molecular weight excluding hydrogens is 445 g/mol. The van der Waals surface area contributed by atoms with Gasteiger partial charge >= 0.3 is 0 Å². The van der Waals surface area contributed by atoms with Crippen molar-refractivity contribution >= 4 is 51.0 Å². The van der Waals surface area contributed by atoms with Crippen molar-refractivity contribution in [3.63, 3.8) is 0 Å². The fourth-order valence-electron chi connectivity index (χ4n) is 2.57. The highest BCUT2D eigenvalue weighted by Gasteiger charge is 2.26. The first-order valence-electron chi connectivity index (χ1n) is 8.78. The molecule has 0 aliphatic carbocycles. The first kappa shape index (κ1) is 21.8. The van der Waals surface area contributed by atoms with Gasteiger partial charge in [-0.25, -0.2) is 13.8 Å². The highest BCUT2D eigenvalue weighted by atomic mass is 35.5. The van der Waals surface area contributed by atoms with Crippen molar-refractivity contribution in [1.82, 2.24) is 5.43 Å². The normalized spacial score (nSPS) is 11.4. The average Bonchev–Trinajstić information content (AvgIpc) is 2.75. The Kier molecular flexibility index (Phi) is 7.10. The van der Waals surface area contributed by atoms with Crippen LogP contribution in [0, 0.1) is 0 Å². The standard InChI is InChI=1S/C21H17Cl2N3O3S/c22-17-12-11-16(20(23)13-17)14-24-25-21(27)15-26(18-7-3-1-4-8-18)30(28,29)19-9-5-2-6-10-19/h1-14H,15H2,(H,25,27)/b24-14-. The quantitative estimate of drug-likeness (QED) is 0.419. The number of hydrogen-bond donors (Lipinski definition) is 1. The van der Waals surface area contributed by atoms with E-state index >= 15 is 0 Å². The van der Waals surface area contributed by atoms with Crippen molar-refractivity contribution in [2.45, 2.75) is 4.90 Å². The molecule has 0 heterocycles. The average molecular weight is 462 g/mol. The number of nitrogens with one attached hydrogen (secondary N) is 1. The summed E-state index contributed by atoms with van der Waals surface area (Å²) < 4.78 is 27.3. The molecule has 0 spiro atoms. The van der Waals surface area contributed by atoms with Crippen molar-refractivity contribution in [1.29, 1.82) is 0 Å². The maximum Gasteiger partial charge on any atom is 0.264 e. The molecule has 0 unspecified atom stereocenters. The van der Waals surface area contributed by atoms with Gasteiger partial charge in [-0.2, -0.15) is 5.10 Å². The van der Waals surface area contributed by atoms with E-state index in [9.17, 15) is 13.2 Å². The number of hydrazone groups is 1. The summed E-state index contributed by atoms with van der Waals surface area (Å²) in [6, 6.07) is 21.1. The maximum absolute atomic E-state index is 13.1. The fourth-order valence-corrected chi connectivity index (χ4v) is 4.47. The summed E-state index contributed by atoms with van der Waals surface area (Å²) in [6.45, 7) is -0.451. The van der Waals surface area contributed by atoms with E-state index < -0.39 is 22.5 Å². The topological polar surface area (TPSA) is 78.8 Å². The van der Waals surface area contributed by atoms with Gasteiger partial charge in [0.1, 0.15) is 6.54 Å². The number of anilines is 1. The summed E-state index contributed by atoms with van der Waals surface area (Å²) in [5.41, 5.74) is 3.25. The highest BCUT2D eigenvalue weighted by molar-refractivity contribution is 7.92. The molecule has 0 fully saturated rings. The molecule has 1 amide bonds. The zero-order chi connectivity index (χ0) is 21.6. The van der Waals surface area contributed by atoms with Crippen LogP contribution in [0.5, 0.6) is 0 Å². The number of benzene rings is 3. The molecule has 0 aliphatic rings. The van der Waals surface area contributed by atoms with E-state index in [1.807, 2.05) is 0 Å². The lowest BCUT2D eigenvalue weighted by molar-refractivity contribution is -0.119. The molecule has 0 saturated carbocycles. The van der Waals surface area contributed by atoms with E-state index in [1.54, 1.807) is 66.7 Å². The Hall–Kier alpha value is -2.87. The van der Waals surface area contributed by atoms with Crippen LogP contribution in [-0.2, 0) is 14.8 Å². The molecule has 0 aliphatic heterocycles. The molecular formula is C21H17Cl2N3O3S. The largest absolute Gasteiger partial charge is 0.271 e. The summed E-state index contributed by atoms with van der Waals surface area (Å²) in [4.78, 5) is 12.5. The lowest BCUT2D eigenvalue weighted by Gasteiger charge is -2.23. The molecule has 30 heavy (non-hydrogen) atoms. The molecule has 154 valence electrons. The second-order valence-corrected chi connectivity index (χ2v) is 8.83. The summed E-state index contributed by atoms with van der Waals surface area (Å²) in [7, 11) is -3.95. The fraction of sp³-hybridized carbons (Fsp3) is 0.0476. The molecule has 0 bridgehead atoms. The molecule has 6 nitrogen and oxygen atoms in total. The van der Waals surface area contributed by atoms with Gasteiger partial charge in [0, 0.05) is 10.6 Å². The Morgan fingerprint density at radius 1 is 0.967 bits per heavy atom. The third kappa shape index (κ3) is 5.38. The van der Waals surface area contributed by atoms with E-state index in [-0.39, 0.29) is 4.90 Å².